The minimum Gasteiger partial charge on any atom is -0.307 e. The van der Waals surface area contributed by atoms with Crippen LogP contribution in [0.15, 0.2) is 47.2 Å². The summed E-state index contributed by atoms with van der Waals surface area (Å²) >= 11 is 4.92. The molecule has 1 amide bonds. The van der Waals surface area contributed by atoms with Crippen LogP contribution in [0, 0.1) is 6.92 Å². The Labute approximate surface area is 152 Å². The van der Waals surface area contributed by atoms with Crippen molar-refractivity contribution < 1.29 is 4.79 Å². The molecule has 120 valence electrons. The molecule has 1 aliphatic heterocycles. The monoisotopic (exact) mass is 399 g/mol. The quantitative estimate of drug-likeness (QED) is 0.637. The van der Waals surface area contributed by atoms with Gasteiger partial charge in [0.2, 0.25) is 0 Å². The normalized spacial score (nSPS) is 13.2. The highest BCUT2D eigenvalue weighted by Crippen LogP contribution is 2.34. The Hall–Kier alpha value is -2.05. The van der Waals surface area contributed by atoms with Gasteiger partial charge in [0.15, 0.2) is 0 Å². The lowest BCUT2D eigenvalue weighted by molar-refractivity contribution is 0.0992. The average Bonchev–Trinajstić information content (AvgIpc) is 3.18. The van der Waals surface area contributed by atoms with Gasteiger partial charge in [-0.2, -0.15) is 0 Å². The zero-order valence-electron chi connectivity index (χ0n) is 13.0. The van der Waals surface area contributed by atoms with E-state index in [4.69, 9.17) is 0 Å². The highest BCUT2D eigenvalue weighted by molar-refractivity contribution is 9.10. The number of anilines is 1. The van der Waals surface area contributed by atoms with Crippen LogP contribution in [0.25, 0.3) is 10.6 Å². The molecule has 0 saturated carbocycles. The van der Waals surface area contributed by atoms with E-state index in [1.54, 1.807) is 12.4 Å². The fraction of sp³-hybridized carbons (Fsp3) is 0.167. The third kappa shape index (κ3) is 2.65. The number of hydrogen-bond donors (Lipinski definition) is 0. The van der Waals surface area contributed by atoms with Crippen LogP contribution < -0.4 is 4.90 Å². The molecular weight excluding hydrogens is 386 g/mol. The third-order valence-electron chi connectivity index (χ3n) is 4.08. The molecule has 1 aromatic carbocycles. The summed E-state index contributed by atoms with van der Waals surface area (Å²) in [6.07, 6.45) is 4.39. The van der Waals surface area contributed by atoms with Gasteiger partial charge < -0.3 is 4.90 Å². The van der Waals surface area contributed by atoms with Crippen molar-refractivity contribution in [1.29, 1.82) is 0 Å². The molecule has 4 nitrogen and oxygen atoms in total. The Morgan fingerprint density at radius 3 is 3.00 bits per heavy atom. The minimum atomic E-state index is 0.0289. The summed E-state index contributed by atoms with van der Waals surface area (Å²) in [5, 5.41) is 0.833. The van der Waals surface area contributed by atoms with Crippen LogP contribution in [0.4, 0.5) is 5.69 Å². The molecule has 0 spiro atoms. The van der Waals surface area contributed by atoms with Crippen LogP contribution in [0.2, 0.25) is 0 Å². The molecule has 0 N–H and O–H groups in total. The molecule has 0 radical (unpaired) electrons. The number of pyridine rings is 1. The number of aryl methyl sites for hydroxylation is 1. The number of carbonyl (C=O) groups is 1. The highest BCUT2D eigenvalue weighted by Gasteiger charge is 2.28. The average molecular weight is 400 g/mol. The van der Waals surface area contributed by atoms with Crippen LogP contribution in [-0.4, -0.2) is 22.4 Å². The number of rotatable bonds is 2. The lowest BCUT2D eigenvalue weighted by atomic mass is 10.2. The van der Waals surface area contributed by atoms with Crippen molar-refractivity contribution in [2.24, 2.45) is 0 Å². The van der Waals surface area contributed by atoms with Gasteiger partial charge in [-0.25, -0.2) is 4.98 Å². The second kappa shape index (κ2) is 6.11. The van der Waals surface area contributed by atoms with Crippen LogP contribution in [-0.2, 0) is 6.42 Å². The Morgan fingerprint density at radius 1 is 1.33 bits per heavy atom. The van der Waals surface area contributed by atoms with Gasteiger partial charge >= 0.3 is 0 Å². The van der Waals surface area contributed by atoms with Crippen LogP contribution in [0.1, 0.15) is 20.9 Å². The Balaban J connectivity index is 1.68. The summed E-state index contributed by atoms with van der Waals surface area (Å²) in [6, 6.07) is 9.90. The molecule has 0 atom stereocenters. The van der Waals surface area contributed by atoms with E-state index in [1.165, 1.54) is 16.9 Å². The number of nitrogens with zero attached hydrogens (tertiary/aromatic N) is 3. The first kappa shape index (κ1) is 15.5. The summed E-state index contributed by atoms with van der Waals surface area (Å²) in [5.74, 6) is 0.0289. The highest BCUT2D eigenvalue weighted by atomic mass is 79.9. The molecule has 3 heterocycles. The topological polar surface area (TPSA) is 46.1 Å². The molecule has 0 bridgehead atoms. The molecular formula is C18H14BrN3OS. The predicted molar refractivity (Wildman–Crippen MR) is 99.6 cm³/mol. The summed E-state index contributed by atoms with van der Waals surface area (Å²) < 4.78 is 1.04. The SMILES string of the molecule is Cc1nc(-c2cccnc2)sc1C(=O)N1CCc2cc(Br)ccc21. The summed E-state index contributed by atoms with van der Waals surface area (Å²) in [5.41, 5.74) is 3.91. The molecule has 6 heteroatoms. The number of hydrogen-bond acceptors (Lipinski definition) is 4. The number of fused-ring (bicyclic) bond motifs is 1. The molecule has 0 aliphatic carbocycles. The second-order valence-corrected chi connectivity index (χ2v) is 7.57. The van der Waals surface area contributed by atoms with Crippen LogP contribution >= 0.6 is 27.3 Å². The number of carbonyl (C=O) groups excluding carboxylic acids is 1. The lowest BCUT2D eigenvalue weighted by Crippen LogP contribution is -2.28. The van der Waals surface area contributed by atoms with E-state index >= 15 is 0 Å². The third-order valence-corrected chi connectivity index (χ3v) is 5.77. The molecule has 1 aliphatic rings. The summed E-state index contributed by atoms with van der Waals surface area (Å²) in [4.78, 5) is 24.3. The Kier molecular flexibility index (Phi) is 3.94. The van der Waals surface area contributed by atoms with Crippen LogP contribution in [0.3, 0.4) is 0 Å². The van der Waals surface area contributed by atoms with Crippen molar-refractivity contribution >= 4 is 38.9 Å². The largest absolute Gasteiger partial charge is 0.307 e. The fourth-order valence-corrected chi connectivity index (χ4v) is 4.33. The zero-order chi connectivity index (χ0) is 16.7. The molecule has 3 aromatic rings. The maximum atomic E-state index is 13.0. The number of benzene rings is 1. The van der Waals surface area contributed by atoms with E-state index in [9.17, 15) is 4.79 Å². The number of amides is 1. The molecule has 0 unspecified atom stereocenters. The lowest BCUT2D eigenvalue weighted by Gasteiger charge is -2.16. The van der Waals surface area contributed by atoms with E-state index in [1.807, 2.05) is 36.1 Å². The predicted octanol–water partition coefficient (Wildman–Crippen LogP) is 4.48. The van der Waals surface area contributed by atoms with E-state index < -0.39 is 0 Å². The number of aromatic nitrogens is 2. The van der Waals surface area contributed by atoms with E-state index in [-0.39, 0.29) is 5.91 Å². The van der Waals surface area contributed by atoms with Crippen LogP contribution in [0.5, 0.6) is 0 Å². The first-order valence-electron chi connectivity index (χ1n) is 7.61. The van der Waals surface area contributed by atoms with E-state index in [2.05, 4.69) is 32.0 Å². The van der Waals surface area contributed by atoms with Gasteiger partial charge in [0.05, 0.1) is 5.69 Å². The van der Waals surface area contributed by atoms with Crippen molar-refractivity contribution in [1.82, 2.24) is 9.97 Å². The molecule has 2 aromatic heterocycles. The van der Waals surface area contributed by atoms with E-state index in [0.29, 0.717) is 11.4 Å². The van der Waals surface area contributed by atoms with Gasteiger partial charge in [-0.1, -0.05) is 15.9 Å². The van der Waals surface area contributed by atoms with Crippen molar-refractivity contribution in [3.8, 4) is 10.6 Å². The zero-order valence-corrected chi connectivity index (χ0v) is 15.4. The summed E-state index contributed by atoms with van der Waals surface area (Å²) in [6.45, 7) is 2.60. The first-order valence-corrected chi connectivity index (χ1v) is 9.22. The number of halogens is 1. The van der Waals surface area contributed by atoms with Gasteiger partial charge in [-0.05, 0) is 49.2 Å². The van der Waals surface area contributed by atoms with E-state index in [0.717, 1.165) is 32.8 Å². The maximum Gasteiger partial charge on any atom is 0.270 e. The Morgan fingerprint density at radius 2 is 2.21 bits per heavy atom. The fourth-order valence-electron chi connectivity index (χ4n) is 2.91. The Bertz CT molecular complexity index is 923. The van der Waals surface area contributed by atoms with Crippen molar-refractivity contribution in [2.75, 3.05) is 11.4 Å². The van der Waals surface area contributed by atoms with Gasteiger partial charge in [-0.15, -0.1) is 11.3 Å². The van der Waals surface area contributed by atoms with Crippen molar-refractivity contribution in [2.45, 2.75) is 13.3 Å². The maximum absolute atomic E-state index is 13.0. The standard InChI is InChI=1S/C18H14BrN3OS/c1-11-16(24-17(21-11)13-3-2-7-20-10-13)18(23)22-8-6-12-9-14(19)4-5-15(12)22/h2-5,7,9-10H,6,8H2,1H3. The smallest absolute Gasteiger partial charge is 0.270 e. The van der Waals surface area contributed by atoms with Gasteiger partial charge in [0, 0.05) is 34.7 Å². The number of thiazole rings is 1. The molecule has 4 rings (SSSR count). The van der Waals surface area contributed by atoms with Crippen molar-refractivity contribution in [3.05, 3.63) is 63.3 Å². The minimum absolute atomic E-state index is 0.0289. The summed E-state index contributed by atoms with van der Waals surface area (Å²) in [7, 11) is 0. The second-order valence-electron chi connectivity index (χ2n) is 5.66. The molecule has 0 saturated heterocycles. The van der Waals surface area contributed by atoms with Gasteiger partial charge in [0.25, 0.3) is 5.91 Å². The van der Waals surface area contributed by atoms with Crippen molar-refractivity contribution in [3.63, 3.8) is 0 Å². The first-order chi connectivity index (χ1) is 11.6. The van der Waals surface area contributed by atoms with Gasteiger partial charge in [-0.3, -0.25) is 9.78 Å². The van der Waals surface area contributed by atoms with Gasteiger partial charge in [0.1, 0.15) is 9.88 Å². The molecule has 0 fully saturated rings. The molecule has 24 heavy (non-hydrogen) atoms.